The fourth-order valence-electron chi connectivity index (χ4n) is 3.43. The molecule has 1 heterocycles. The number of anilines is 1. The van der Waals surface area contributed by atoms with Gasteiger partial charge >= 0.3 is 0 Å². The highest BCUT2D eigenvalue weighted by atomic mass is 32.2. The van der Waals surface area contributed by atoms with E-state index in [0.717, 1.165) is 10.3 Å². The van der Waals surface area contributed by atoms with Crippen molar-refractivity contribution < 1.29 is 22.7 Å². The zero-order chi connectivity index (χ0) is 24.9. The molecule has 0 spiro atoms. The van der Waals surface area contributed by atoms with Crippen LogP contribution in [0.4, 0.5) is 5.13 Å². The summed E-state index contributed by atoms with van der Waals surface area (Å²) < 4.78 is 37.0. The first kappa shape index (κ1) is 25.9. The average Bonchev–Trinajstić information content (AvgIpc) is 3.23. The Bertz CT molecular complexity index is 1200. The van der Waals surface area contributed by atoms with Gasteiger partial charge in [-0.1, -0.05) is 29.0 Å². The van der Waals surface area contributed by atoms with Crippen LogP contribution in [0.15, 0.2) is 41.3 Å². The van der Waals surface area contributed by atoms with Gasteiger partial charge in [-0.3, -0.25) is 9.69 Å². The number of aryl methyl sites for hydroxylation is 1. The van der Waals surface area contributed by atoms with Crippen molar-refractivity contribution in [2.75, 3.05) is 52.1 Å². The molecule has 0 saturated heterocycles. The van der Waals surface area contributed by atoms with Gasteiger partial charge in [-0.2, -0.15) is 0 Å². The van der Waals surface area contributed by atoms with E-state index >= 15 is 0 Å². The molecule has 1 amide bonds. The zero-order valence-corrected chi connectivity index (χ0v) is 21.8. The number of aromatic nitrogens is 1. The number of amides is 1. The van der Waals surface area contributed by atoms with E-state index in [0.29, 0.717) is 35.2 Å². The molecule has 0 unspecified atom stereocenters. The van der Waals surface area contributed by atoms with Crippen molar-refractivity contribution in [2.24, 2.45) is 0 Å². The smallest absolute Gasteiger partial charge is 0.228 e. The Morgan fingerprint density at radius 1 is 1.00 bits per heavy atom. The lowest BCUT2D eigenvalue weighted by Crippen LogP contribution is -2.36. The number of nitrogens with zero attached hydrogens (tertiary/aromatic N) is 3. The number of benzene rings is 2. The first-order valence-corrected chi connectivity index (χ1v) is 13.4. The van der Waals surface area contributed by atoms with E-state index in [1.165, 1.54) is 11.3 Å². The highest BCUT2D eigenvalue weighted by Crippen LogP contribution is 2.40. The van der Waals surface area contributed by atoms with Crippen molar-refractivity contribution in [2.45, 2.75) is 24.7 Å². The summed E-state index contributed by atoms with van der Waals surface area (Å²) in [5.41, 5.74) is 1.63. The summed E-state index contributed by atoms with van der Waals surface area (Å²) >= 11 is 1.36. The Kier molecular flexibility index (Phi) is 8.51. The van der Waals surface area contributed by atoms with Gasteiger partial charge in [0.15, 0.2) is 15.0 Å². The van der Waals surface area contributed by atoms with Crippen LogP contribution in [0.3, 0.4) is 0 Å². The monoisotopic (exact) mass is 505 g/mol. The topological polar surface area (TPSA) is 89.0 Å². The summed E-state index contributed by atoms with van der Waals surface area (Å²) in [6.45, 7) is 2.98. The van der Waals surface area contributed by atoms with Crippen LogP contribution in [0, 0.1) is 6.92 Å². The summed E-state index contributed by atoms with van der Waals surface area (Å²) in [7, 11) is 3.57. The van der Waals surface area contributed by atoms with E-state index in [1.807, 2.05) is 32.0 Å². The molecular formula is C24H31N3O5S2. The number of fused-ring (bicyclic) bond motifs is 1. The van der Waals surface area contributed by atoms with Crippen LogP contribution in [-0.2, 0) is 14.6 Å². The summed E-state index contributed by atoms with van der Waals surface area (Å²) in [6, 6.07) is 10.4. The quantitative estimate of drug-likeness (QED) is 0.392. The van der Waals surface area contributed by atoms with Crippen LogP contribution in [0.1, 0.15) is 18.4 Å². The Hall–Kier alpha value is -2.69. The number of rotatable bonds is 11. The molecule has 1 aromatic heterocycles. The predicted octanol–water partition coefficient (Wildman–Crippen LogP) is 3.77. The summed E-state index contributed by atoms with van der Waals surface area (Å²) in [5.74, 6) is 0.995. The normalized spacial score (nSPS) is 11.7. The molecule has 184 valence electrons. The number of carbonyl (C=O) groups is 1. The Morgan fingerprint density at radius 2 is 1.65 bits per heavy atom. The molecule has 0 fully saturated rings. The first-order valence-electron chi connectivity index (χ1n) is 10.9. The van der Waals surface area contributed by atoms with Crippen LogP contribution in [-0.4, -0.2) is 71.4 Å². The summed E-state index contributed by atoms with van der Waals surface area (Å²) in [4.78, 5) is 21.8. The minimum Gasteiger partial charge on any atom is -0.495 e. The van der Waals surface area contributed by atoms with Gasteiger partial charge in [0.25, 0.3) is 0 Å². The second-order valence-electron chi connectivity index (χ2n) is 8.23. The molecule has 0 bridgehead atoms. The van der Waals surface area contributed by atoms with Crippen LogP contribution in [0.2, 0.25) is 0 Å². The molecule has 3 aromatic rings. The van der Waals surface area contributed by atoms with E-state index in [1.54, 1.807) is 49.5 Å². The second kappa shape index (κ2) is 11.2. The molecule has 0 atom stereocenters. The molecule has 34 heavy (non-hydrogen) atoms. The van der Waals surface area contributed by atoms with E-state index in [2.05, 4.69) is 4.98 Å². The van der Waals surface area contributed by atoms with Gasteiger partial charge in [0, 0.05) is 19.5 Å². The van der Waals surface area contributed by atoms with Crippen molar-refractivity contribution in [3.05, 3.63) is 42.0 Å². The van der Waals surface area contributed by atoms with Gasteiger partial charge in [-0.05, 0) is 51.7 Å². The minimum absolute atomic E-state index is 0.0924. The third-order valence-corrected chi connectivity index (χ3v) is 8.29. The van der Waals surface area contributed by atoms with Crippen molar-refractivity contribution in [3.63, 3.8) is 0 Å². The van der Waals surface area contributed by atoms with Gasteiger partial charge in [0.1, 0.15) is 21.7 Å². The number of sulfone groups is 1. The molecule has 0 N–H and O–H groups in total. The maximum Gasteiger partial charge on any atom is 0.228 e. The van der Waals surface area contributed by atoms with E-state index < -0.39 is 9.84 Å². The van der Waals surface area contributed by atoms with Crippen molar-refractivity contribution >= 4 is 42.4 Å². The lowest BCUT2D eigenvalue weighted by Gasteiger charge is -2.22. The molecule has 2 aromatic carbocycles. The molecule has 0 aliphatic carbocycles. The van der Waals surface area contributed by atoms with Crippen molar-refractivity contribution in [1.82, 2.24) is 9.88 Å². The van der Waals surface area contributed by atoms with E-state index in [9.17, 15) is 13.2 Å². The molecular weight excluding hydrogens is 474 g/mol. The number of likely N-dealkylation sites (N-methyl/N-ethyl adjacent to an activating group) is 1. The van der Waals surface area contributed by atoms with Gasteiger partial charge in [0.05, 0.1) is 24.9 Å². The first-order chi connectivity index (χ1) is 16.2. The maximum atomic E-state index is 13.2. The van der Waals surface area contributed by atoms with E-state index in [-0.39, 0.29) is 29.4 Å². The van der Waals surface area contributed by atoms with E-state index in [4.69, 9.17) is 9.47 Å². The van der Waals surface area contributed by atoms with Crippen LogP contribution < -0.4 is 14.4 Å². The molecule has 10 heteroatoms. The van der Waals surface area contributed by atoms with Gasteiger partial charge < -0.3 is 14.4 Å². The highest BCUT2D eigenvalue weighted by Gasteiger charge is 2.23. The SMILES string of the molecule is COc1ccc(OC)c2sc(N(CCN(C)C)C(=O)CCCS(=O)(=O)c3ccc(C)cc3)nc12. The van der Waals surface area contributed by atoms with Gasteiger partial charge in [-0.15, -0.1) is 0 Å². The number of thiazole rings is 1. The molecule has 0 aliphatic rings. The Labute approximate surface area is 205 Å². The minimum atomic E-state index is -3.45. The van der Waals surface area contributed by atoms with Crippen molar-refractivity contribution in [1.29, 1.82) is 0 Å². The van der Waals surface area contributed by atoms with Gasteiger partial charge in [-0.25, -0.2) is 13.4 Å². The standard InChI is InChI=1S/C24H31N3O5S2/c1-17-8-10-18(11-9-17)34(29,30)16-6-7-21(28)27(15-14-26(2)3)24-25-22-19(31-4)12-13-20(32-5)23(22)33-24/h8-13H,6-7,14-16H2,1-5H3. The molecule has 0 aliphatic heterocycles. The lowest BCUT2D eigenvalue weighted by molar-refractivity contribution is -0.118. The zero-order valence-electron chi connectivity index (χ0n) is 20.2. The van der Waals surface area contributed by atoms with Crippen LogP contribution >= 0.6 is 11.3 Å². The lowest BCUT2D eigenvalue weighted by atomic mass is 10.2. The second-order valence-corrected chi connectivity index (χ2v) is 11.3. The fraction of sp³-hybridized carbons (Fsp3) is 0.417. The number of methoxy groups -OCH3 is 2. The fourth-order valence-corrected chi connectivity index (χ4v) is 5.86. The number of hydrogen-bond donors (Lipinski definition) is 0. The number of ether oxygens (including phenoxy) is 2. The molecule has 3 rings (SSSR count). The molecule has 8 nitrogen and oxygen atoms in total. The molecule has 0 radical (unpaired) electrons. The largest absolute Gasteiger partial charge is 0.495 e. The predicted molar refractivity (Wildman–Crippen MR) is 136 cm³/mol. The van der Waals surface area contributed by atoms with Crippen LogP contribution in [0.25, 0.3) is 10.2 Å². The van der Waals surface area contributed by atoms with Crippen molar-refractivity contribution in [3.8, 4) is 11.5 Å². The number of hydrogen-bond acceptors (Lipinski definition) is 8. The highest BCUT2D eigenvalue weighted by molar-refractivity contribution is 7.91. The average molecular weight is 506 g/mol. The molecule has 0 saturated carbocycles. The Balaban J connectivity index is 1.80. The maximum absolute atomic E-state index is 13.2. The third kappa shape index (κ3) is 6.05. The third-order valence-electron chi connectivity index (χ3n) is 5.39. The van der Waals surface area contributed by atoms with Crippen LogP contribution in [0.5, 0.6) is 11.5 Å². The Morgan fingerprint density at radius 3 is 2.26 bits per heavy atom. The van der Waals surface area contributed by atoms with Gasteiger partial charge in [0.2, 0.25) is 5.91 Å². The summed E-state index contributed by atoms with van der Waals surface area (Å²) in [6.07, 6.45) is 0.327. The summed E-state index contributed by atoms with van der Waals surface area (Å²) in [5, 5.41) is 0.533. The number of carbonyl (C=O) groups excluding carboxylic acids is 1.